The van der Waals surface area contributed by atoms with Gasteiger partial charge >= 0.3 is 0 Å². The van der Waals surface area contributed by atoms with E-state index in [0.717, 1.165) is 4.90 Å². The Morgan fingerprint density at radius 3 is 2.42 bits per heavy atom. The van der Waals surface area contributed by atoms with E-state index in [1.807, 2.05) is 0 Å². The molecule has 0 saturated carbocycles. The van der Waals surface area contributed by atoms with E-state index in [9.17, 15) is 28.0 Å². The van der Waals surface area contributed by atoms with Crippen molar-refractivity contribution in [1.29, 1.82) is 0 Å². The second-order valence-corrected chi connectivity index (χ2v) is 9.68. The third-order valence-corrected chi connectivity index (χ3v) is 6.59. The van der Waals surface area contributed by atoms with Gasteiger partial charge in [-0.25, -0.2) is 8.78 Å². The van der Waals surface area contributed by atoms with Crippen molar-refractivity contribution in [2.45, 2.75) is 0 Å². The number of ether oxygens (including phenoxy) is 1. The second-order valence-electron chi connectivity index (χ2n) is 7.83. The van der Waals surface area contributed by atoms with Crippen molar-refractivity contribution in [3.8, 4) is 5.75 Å². The number of hydrogen-bond acceptors (Lipinski definition) is 6. The predicted octanol–water partition coefficient (Wildman–Crippen LogP) is 5.42. The maximum absolute atomic E-state index is 13.8. The first kappa shape index (κ1) is 27.0. The molecular formula is C26H18BrF2N3O5S. The van der Waals surface area contributed by atoms with Gasteiger partial charge in [0.05, 0.1) is 15.1 Å². The van der Waals surface area contributed by atoms with Crippen LogP contribution < -0.4 is 15.4 Å². The molecule has 0 radical (unpaired) electrons. The minimum Gasteiger partial charge on any atom is -0.483 e. The van der Waals surface area contributed by atoms with Crippen LogP contribution in [0.5, 0.6) is 5.75 Å². The SMILES string of the molecule is O=C(COc1ccc(/C=C2\SC(=O)N(CC(=O)Nc3ccccc3F)C2=O)cc1Br)Nc1ccc(F)cc1. The predicted molar refractivity (Wildman–Crippen MR) is 142 cm³/mol. The molecule has 0 aliphatic carbocycles. The first-order valence-corrected chi connectivity index (χ1v) is 12.6. The lowest BCUT2D eigenvalue weighted by molar-refractivity contribution is -0.127. The van der Waals surface area contributed by atoms with Gasteiger partial charge in [-0.1, -0.05) is 18.2 Å². The molecule has 0 aromatic heterocycles. The zero-order valence-electron chi connectivity index (χ0n) is 19.4. The van der Waals surface area contributed by atoms with E-state index in [2.05, 4.69) is 26.6 Å². The lowest BCUT2D eigenvalue weighted by Crippen LogP contribution is -2.36. The van der Waals surface area contributed by atoms with Crippen molar-refractivity contribution in [2.24, 2.45) is 0 Å². The zero-order chi connectivity index (χ0) is 27.2. The normalized spacial score (nSPS) is 14.1. The van der Waals surface area contributed by atoms with Crippen LogP contribution in [-0.2, 0) is 14.4 Å². The summed E-state index contributed by atoms with van der Waals surface area (Å²) in [4.78, 5) is 50.3. The third-order valence-electron chi connectivity index (χ3n) is 5.06. The maximum Gasteiger partial charge on any atom is 0.294 e. The lowest BCUT2D eigenvalue weighted by Gasteiger charge is -2.12. The fraction of sp³-hybridized carbons (Fsp3) is 0.0769. The van der Waals surface area contributed by atoms with Crippen LogP contribution in [0.2, 0.25) is 0 Å². The molecule has 8 nitrogen and oxygen atoms in total. The van der Waals surface area contributed by atoms with Gasteiger partial charge < -0.3 is 15.4 Å². The van der Waals surface area contributed by atoms with Crippen LogP contribution in [0.15, 0.2) is 76.1 Å². The molecule has 0 unspecified atom stereocenters. The van der Waals surface area contributed by atoms with E-state index in [4.69, 9.17) is 4.74 Å². The molecule has 0 atom stereocenters. The first-order valence-electron chi connectivity index (χ1n) is 11.0. The number of halogens is 3. The number of nitrogens with one attached hydrogen (secondary N) is 2. The molecule has 38 heavy (non-hydrogen) atoms. The number of nitrogens with zero attached hydrogens (tertiary/aromatic N) is 1. The molecule has 0 bridgehead atoms. The summed E-state index contributed by atoms with van der Waals surface area (Å²) in [6.45, 7) is -0.865. The minimum absolute atomic E-state index is 0.0555. The van der Waals surface area contributed by atoms with Crippen molar-refractivity contribution in [3.05, 3.63) is 93.3 Å². The standard InChI is InChI=1S/C26H18BrF2N3O5S/c27-18-11-15(5-10-21(18)37-14-24(34)30-17-8-6-16(28)7-9-17)12-22-25(35)32(26(36)38-22)13-23(33)31-20-4-2-1-3-19(20)29/h1-12H,13-14H2,(H,30,34)(H,31,33)/b22-12-. The van der Waals surface area contributed by atoms with E-state index in [0.29, 0.717) is 33.2 Å². The Kier molecular flexibility index (Phi) is 8.54. The van der Waals surface area contributed by atoms with Gasteiger partial charge in [0.25, 0.3) is 17.1 Å². The molecule has 2 N–H and O–H groups in total. The summed E-state index contributed by atoms with van der Waals surface area (Å²) in [5.74, 6) is -2.52. The monoisotopic (exact) mass is 601 g/mol. The minimum atomic E-state index is -0.716. The molecule has 4 amide bonds. The quantitative estimate of drug-likeness (QED) is 0.334. The summed E-state index contributed by atoms with van der Waals surface area (Å²) >= 11 is 4.03. The van der Waals surface area contributed by atoms with Crippen LogP contribution in [-0.4, -0.2) is 41.0 Å². The Bertz CT molecular complexity index is 1450. The summed E-state index contributed by atoms with van der Waals surface area (Å²) in [5, 5.41) is 4.29. The molecular weight excluding hydrogens is 584 g/mol. The number of benzene rings is 3. The molecule has 194 valence electrons. The van der Waals surface area contributed by atoms with Crippen LogP contribution in [0.3, 0.4) is 0 Å². The smallest absolute Gasteiger partial charge is 0.294 e. The van der Waals surface area contributed by atoms with Gasteiger partial charge in [0.2, 0.25) is 5.91 Å². The molecule has 1 aliphatic rings. The highest BCUT2D eigenvalue weighted by molar-refractivity contribution is 9.10. The lowest BCUT2D eigenvalue weighted by atomic mass is 10.2. The average Bonchev–Trinajstić information content (AvgIpc) is 3.13. The number of hydrogen-bond donors (Lipinski definition) is 2. The molecule has 3 aromatic rings. The van der Waals surface area contributed by atoms with E-state index >= 15 is 0 Å². The second kappa shape index (κ2) is 12.0. The molecule has 1 heterocycles. The summed E-state index contributed by atoms with van der Waals surface area (Å²) in [7, 11) is 0. The van der Waals surface area contributed by atoms with Gasteiger partial charge in [0.1, 0.15) is 23.9 Å². The van der Waals surface area contributed by atoms with Crippen LogP contribution in [0.25, 0.3) is 6.08 Å². The number of para-hydroxylation sites is 1. The Morgan fingerprint density at radius 2 is 1.71 bits per heavy atom. The Balaban J connectivity index is 1.35. The van der Waals surface area contributed by atoms with E-state index in [-0.39, 0.29) is 17.2 Å². The topological polar surface area (TPSA) is 105 Å². The molecule has 1 fully saturated rings. The Labute approximate surface area is 228 Å². The summed E-state index contributed by atoms with van der Waals surface area (Å²) in [6, 6.07) is 15.7. The first-order chi connectivity index (χ1) is 18.2. The van der Waals surface area contributed by atoms with E-state index < -0.39 is 41.1 Å². The van der Waals surface area contributed by atoms with Gasteiger partial charge in [0, 0.05) is 5.69 Å². The number of amides is 4. The van der Waals surface area contributed by atoms with Gasteiger partial charge in [-0.3, -0.25) is 24.1 Å². The molecule has 0 spiro atoms. The molecule has 3 aromatic carbocycles. The van der Waals surface area contributed by atoms with Crippen LogP contribution in [0, 0.1) is 11.6 Å². The fourth-order valence-electron chi connectivity index (χ4n) is 3.28. The van der Waals surface area contributed by atoms with E-state index in [1.54, 1.807) is 24.3 Å². The van der Waals surface area contributed by atoms with E-state index in [1.165, 1.54) is 48.5 Å². The third kappa shape index (κ3) is 6.84. The summed E-state index contributed by atoms with van der Waals surface area (Å²) in [5.41, 5.74) is 0.925. The highest BCUT2D eigenvalue weighted by Crippen LogP contribution is 2.34. The zero-order valence-corrected chi connectivity index (χ0v) is 21.8. The van der Waals surface area contributed by atoms with Crippen molar-refractivity contribution in [1.82, 2.24) is 4.90 Å². The van der Waals surface area contributed by atoms with Crippen molar-refractivity contribution in [3.63, 3.8) is 0 Å². The highest BCUT2D eigenvalue weighted by atomic mass is 79.9. The Morgan fingerprint density at radius 1 is 0.974 bits per heavy atom. The summed E-state index contributed by atoms with van der Waals surface area (Å²) < 4.78 is 32.7. The molecule has 1 saturated heterocycles. The van der Waals surface area contributed by atoms with Gasteiger partial charge in [-0.05, 0) is 87.9 Å². The highest BCUT2D eigenvalue weighted by Gasteiger charge is 2.36. The van der Waals surface area contributed by atoms with Crippen LogP contribution >= 0.6 is 27.7 Å². The number of anilines is 2. The number of rotatable bonds is 8. The summed E-state index contributed by atoms with van der Waals surface area (Å²) in [6.07, 6.45) is 1.48. The van der Waals surface area contributed by atoms with Crippen molar-refractivity contribution >= 4 is 68.1 Å². The van der Waals surface area contributed by atoms with Gasteiger partial charge in [-0.15, -0.1) is 0 Å². The number of carbonyl (C=O) groups excluding carboxylic acids is 4. The molecule has 12 heteroatoms. The van der Waals surface area contributed by atoms with Crippen molar-refractivity contribution in [2.75, 3.05) is 23.8 Å². The molecule has 1 aliphatic heterocycles. The van der Waals surface area contributed by atoms with Crippen LogP contribution in [0.4, 0.5) is 25.0 Å². The Hall–Kier alpha value is -4.03. The number of thioether (sulfide) groups is 1. The number of carbonyl (C=O) groups is 4. The average molecular weight is 602 g/mol. The number of imide groups is 1. The van der Waals surface area contributed by atoms with Crippen LogP contribution in [0.1, 0.15) is 5.56 Å². The van der Waals surface area contributed by atoms with Crippen molar-refractivity contribution < 1.29 is 32.7 Å². The molecule has 4 rings (SSSR count). The van der Waals surface area contributed by atoms with Gasteiger partial charge in [-0.2, -0.15) is 0 Å². The maximum atomic E-state index is 13.8. The van der Waals surface area contributed by atoms with Gasteiger partial charge in [0.15, 0.2) is 6.61 Å². The largest absolute Gasteiger partial charge is 0.483 e. The fourth-order valence-corrected chi connectivity index (χ4v) is 4.63.